The van der Waals surface area contributed by atoms with E-state index in [4.69, 9.17) is 5.73 Å². The van der Waals surface area contributed by atoms with E-state index in [2.05, 4.69) is 9.97 Å². The average Bonchev–Trinajstić information content (AvgIpc) is 2.67. The number of anilines is 1. The lowest BCUT2D eigenvalue weighted by Crippen LogP contribution is -2.39. The highest BCUT2D eigenvalue weighted by Gasteiger charge is 2.31. The molecule has 1 aromatic carbocycles. The number of Topliss-reactive ketones (excluding diaryl/α,β-unsaturated/α-hetero) is 1. The molecule has 142 valence electrons. The van der Waals surface area contributed by atoms with Crippen LogP contribution in [0.4, 0.5) is 19.0 Å². The van der Waals surface area contributed by atoms with Gasteiger partial charge in [0.05, 0.1) is 18.0 Å². The number of hydrogen-bond donors (Lipinski definition) is 1. The second-order valence-electron chi connectivity index (χ2n) is 6.35. The third kappa shape index (κ3) is 4.24. The minimum absolute atomic E-state index is 0.0312. The Hall–Kier alpha value is -2.97. The first kappa shape index (κ1) is 18.8. The Balaban J connectivity index is 1.75. The van der Waals surface area contributed by atoms with Crippen LogP contribution in [-0.4, -0.2) is 34.7 Å². The molecule has 0 aliphatic carbocycles. The van der Waals surface area contributed by atoms with Crippen LogP contribution in [-0.2, 0) is 6.18 Å². The molecule has 6 nitrogen and oxygen atoms in total. The quantitative estimate of drug-likeness (QED) is 0.827. The largest absolute Gasteiger partial charge is 0.416 e. The fourth-order valence-corrected chi connectivity index (χ4v) is 3.09. The van der Waals surface area contributed by atoms with E-state index in [0.29, 0.717) is 31.7 Å². The molecule has 2 N–H and O–H groups in total. The number of ketones is 1. The van der Waals surface area contributed by atoms with Gasteiger partial charge in [-0.25, -0.2) is 4.98 Å². The highest BCUT2D eigenvalue weighted by Crippen LogP contribution is 2.30. The van der Waals surface area contributed by atoms with E-state index in [9.17, 15) is 22.8 Å². The van der Waals surface area contributed by atoms with E-state index in [1.54, 1.807) is 0 Å². The molecular weight excluding hydrogens is 361 g/mol. The Morgan fingerprint density at radius 1 is 1.15 bits per heavy atom. The van der Waals surface area contributed by atoms with Crippen LogP contribution in [0.15, 0.2) is 36.7 Å². The average molecular weight is 378 g/mol. The molecule has 1 saturated heterocycles. The number of amides is 1. The van der Waals surface area contributed by atoms with Gasteiger partial charge in [-0.2, -0.15) is 13.2 Å². The van der Waals surface area contributed by atoms with Gasteiger partial charge in [0.25, 0.3) is 5.91 Å². The fraction of sp³-hybridized carbons (Fsp3) is 0.333. The lowest BCUT2D eigenvalue weighted by atomic mass is 9.89. The zero-order valence-electron chi connectivity index (χ0n) is 14.2. The Morgan fingerprint density at radius 3 is 2.48 bits per heavy atom. The smallest absolute Gasteiger partial charge is 0.364 e. The van der Waals surface area contributed by atoms with Gasteiger partial charge in [0.1, 0.15) is 11.5 Å². The van der Waals surface area contributed by atoms with Crippen molar-refractivity contribution in [3.63, 3.8) is 0 Å². The summed E-state index contributed by atoms with van der Waals surface area (Å²) in [5.74, 6) is -0.850. The Morgan fingerprint density at radius 2 is 1.85 bits per heavy atom. The van der Waals surface area contributed by atoms with Gasteiger partial charge in [-0.1, -0.05) is 12.1 Å². The van der Waals surface area contributed by atoms with E-state index in [1.165, 1.54) is 24.5 Å². The molecule has 1 amide bonds. The molecule has 1 unspecified atom stereocenters. The van der Waals surface area contributed by atoms with Crippen molar-refractivity contribution in [2.24, 2.45) is 11.7 Å². The van der Waals surface area contributed by atoms with E-state index >= 15 is 0 Å². The maximum atomic E-state index is 12.7. The molecule has 1 atom stereocenters. The number of nitrogens with two attached hydrogens (primary N) is 1. The number of hydrogen-bond acceptors (Lipinski definition) is 5. The third-order valence-corrected chi connectivity index (χ3v) is 4.49. The second-order valence-corrected chi connectivity index (χ2v) is 6.35. The molecule has 3 rings (SSSR count). The number of halogens is 3. The molecule has 9 heteroatoms. The van der Waals surface area contributed by atoms with Crippen LogP contribution in [0, 0.1) is 5.92 Å². The Bertz CT molecular complexity index is 852. The summed E-state index contributed by atoms with van der Waals surface area (Å²) in [4.78, 5) is 33.9. The fourth-order valence-electron chi connectivity index (χ4n) is 3.09. The van der Waals surface area contributed by atoms with E-state index in [0.717, 1.165) is 12.1 Å². The van der Waals surface area contributed by atoms with Crippen molar-refractivity contribution in [2.75, 3.05) is 18.0 Å². The molecule has 2 aromatic rings. The molecule has 0 radical (unpaired) electrons. The number of piperidine rings is 1. The zero-order valence-corrected chi connectivity index (χ0v) is 14.2. The number of nitrogens with zero attached hydrogens (tertiary/aromatic N) is 3. The monoisotopic (exact) mass is 378 g/mol. The van der Waals surface area contributed by atoms with Crippen LogP contribution >= 0.6 is 0 Å². The van der Waals surface area contributed by atoms with Crippen molar-refractivity contribution < 1.29 is 22.8 Å². The summed E-state index contributed by atoms with van der Waals surface area (Å²) in [6.07, 6.45) is -0.357. The van der Waals surface area contributed by atoms with Gasteiger partial charge in [0, 0.05) is 24.6 Å². The summed E-state index contributed by atoms with van der Waals surface area (Å²) in [6.45, 7) is 0.977. The molecule has 2 heterocycles. The summed E-state index contributed by atoms with van der Waals surface area (Å²) >= 11 is 0. The number of rotatable bonds is 4. The summed E-state index contributed by atoms with van der Waals surface area (Å²) < 4.78 is 38.0. The predicted octanol–water partition coefficient (Wildman–Crippen LogP) is 2.69. The van der Waals surface area contributed by atoms with E-state index < -0.39 is 17.6 Å². The normalized spacial score (nSPS) is 17.6. The molecule has 1 aromatic heterocycles. The first-order chi connectivity index (χ1) is 12.8. The van der Waals surface area contributed by atoms with Crippen LogP contribution < -0.4 is 10.6 Å². The lowest BCUT2D eigenvalue weighted by molar-refractivity contribution is -0.137. The second kappa shape index (κ2) is 7.34. The van der Waals surface area contributed by atoms with Gasteiger partial charge in [0.15, 0.2) is 5.78 Å². The molecule has 27 heavy (non-hydrogen) atoms. The van der Waals surface area contributed by atoms with Gasteiger partial charge in [-0.15, -0.1) is 0 Å². The van der Waals surface area contributed by atoms with Crippen molar-refractivity contribution in [2.45, 2.75) is 19.0 Å². The molecule has 1 aliphatic heterocycles. The van der Waals surface area contributed by atoms with Gasteiger partial charge < -0.3 is 10.6 Å². The predicted molar refractivity (Wildman–Crippen MR) is 91.3 cm³/mol. The molecule has 0 saturated carbocycles. The molecule has 0 bridgehead atoms. The highest BCUT2D eigenvalue weighted by atomic mass is 19.4. The zero-order chi connectivity index (χ0) is 19.6. The highest BCUT2D eigenvalue weighted by molar-refractivity contribution is 5.98. The SMILES string of the molecule is NC(=O)c1cncc(N2CCCC(C(=O)c3ccc(C(F)(F)F)cc3)C2)n1. The summed E-state index contributed by atoms with van der Waals surface area (Å²) in [5, 5.41) is 0. The molecule has 0 spiro atoms. The first-order valence-corrected chi connectivity index (χ1v) is 8.34. The van der Waals surface area contributed by atoms with Crippen molar-refractivity contribution >= 4 is 17.5 Å². The Labute approximate surface area is 153 Å². The minimum Gasteiger partial charge on any atom is -0.364 e. The van der Waals surface area contributed by atoms with Gasteiger partial charge in [-0.3, -0.25) is 14.6 Å². The third-order valence-electron chi connectivity index (χ3n) is 4.49. The van der Waals surface area contributed by atoms with Crippen LogP contribution in [0.1, 0.15) is 39.3 Å². The maximum absolute atomic E-state index is 12.7. The maximum Gasteiger partial charge on any atom is 0.416 e. The number of benzene rings is 1. The van der Waals surface area contributed by atoms with Crippen LogP contribution in [0.2, 0.25) is 0 Å². The summed E-state index contributed by atoms with van der Waals surface area (Å²) in [6, 6.07) is 4.24. The number of aromatic nitrogens is 2. The van der Waals surface area contributed by atoms with Crippen molar-refractivity contribution in [1.29, 1.82) is 0 Å². The van der Waals surface area contributed by atoms with Crippen LogP contribution in [0.25, 0.3) is 0 Å². The van der Waals surface area contributed by atoms with Crippen LogP contribution in [0.5, 0.6) is 0 Å². The Kier molecular flexibility index (Phi) is 5.11. The molecule has 1 aliphatic rings. The van der Waals surface area contributed by atoms with E-state index in [-0.39, 0.29) is 23.0 Å². The number of carbonyl (C=O) groups is 2. The van der Waals surface area contributed by atoms with Crippen LogP contribution in [0.3, 0.4) is 0 Å². The summed E-state index contributed by atoms with van der Waals surface area (Å²) in [7, 11) is 0. The van der Waals surface area contributed by atoms with Crippen molar-refractivity contribution in [3.8, 4) is 0 Å². The summed E-state index contributed by atoms with van der Waals surface area (Å²) in [5.41, 5.74) is 4.70. The van der Waals surface area contributed by atoms with Crippen molar-refractivity contribution in [1.82, 2.24) is 9.97 Å². The van der Waals surface area contributed by atoms with Crippen molar-refractivity contribution in [3.05, 3.63) is 53.5 Å². The van der Waals surface area contributed by atoms with Gasteiger partial charge in [0.2, 0.25) is 0 Å². The lowest BCUT2D eigenvalue weighted by Gasteiger charge is -2.32. The number of primary amides is 1. The first-order valence-electron chi connectivity index (χ1n) is 8.34. The van der Waals surface area contributed by atoms with Gasteiger partial charge in [-0.05, 0) is 25.0 Å². The number of carbonyl (C=O) groups excluding carboxylic acids is 2. The topological polar surface area (TPSA) is 89.2 Å². The minimum atomic E-state index is -4.44. The van der Waals surface area contributed by atoms with Gasteiger partial charge >= 0.3 is 6.18 Å². The standard InChI is InChI=1S/C18H17F3N4O2/c19-18(20,21)13-5-3-11(4-6-13)16(26)12-2-1-7-25(10-12)15-9-23-8-14(24-15)17(22)27/h3-6,8-9,12H,1-2,7,10H2,(H2,22,27). The van der Waals surface area contributed by atoms with E-state index in [1.807, 2.05) is 4.90 Å². The molecule has 1 fully saturated rings. The number of alkyl halides is 3. The molecular formula is C18H17F3N4O2.